The van der Waals surface area contributed by atoms with E-state index in [0.29, 0.717) is 11.4 Å². The van der Waals surface area contributed by atoms with Crippen LogP contribution in [0.4, 0.5) is 0 Å². The van der Waals surface area contributed by atoms with E-state index in [1.807, 2.05) is 0 Å². The molecule has 0 fully saturated rings. The van der Waals surface area contributed by atoms with E-state index in [1.54, 1.807) is 31.1 Å². The first-order valence-electron chi connectivity index (χ1n) is 4.30. The maximum absolute atomic E-state index is 11.7. The summed E-state index contributed by atoms with van der Waals surface area (Å²) in [7, 11) is 3.57. The van der Waals surface area contributed by atoms with Crippen molar-refractivity contribution in [2.45, 2.75) is 0 Å². The van der Waals surface area contributed by atoms with Crippen LogP contribution in [0.15, 0.2) is 30.7 Å². The molecular weight excluding hydrogens is 214 g/mol. The molecule has 5 heteroatoms. The number of aromatic nitrogens is 1. The number of carbonyl (C=O) groups is 1. The monoisotopic (exact) mass is 225 g/mol. The van der Waals surface area contributed by atoms with Gasteiger partial charge in [-0.3, -0.25) is 4.79 Å². The summed E-state index contributed by atoms with van der Waals surface area (Å²) in [5, 5.41) is 2.79. The summed E-state index contributed by atoms with van der Waals surface area (Å²) in [4.78, 5) is 17.2. The van der Waals surface area contributed by atoms with Crippen LogP contribution in [0.3, 0.4) is 0 Å². The Morgan fingerprint density at radius 3 is 2.80 bits per heavy atom. The fraction of sp³-hybridized carbons (Fsp3) is 0.200. The second kappa shape index (κ2) is 4.79. The second-order valence-corrected chi connectivity index (χ2v) is 3.50. The van der Waals surface area contributed by atoms with Crippen LogP contribution in [0.2, 0.25) is 5.15 Å². The molecular formula is C10H12ClN3O. The van der Waals surface area contributed by atoms with Crippen molar-refractivity contribution in [2.75, 3.05) is 14.1 Å². The largest absolute Gasteiger partial charge is 0.365 e. The zero-order valence-electron chi connectivity index (χ0n) is 8.62. The first-order valence-corrected chi connectivity index (χ1v) is 4.68. The van der Waals surface area contributed by atoms with Crippen LogP contribution in [0.25, 0.3) is 0 Å². The molecule has 0 atom stereocenters. The lowest BCUT2D eigenvalue weighted by Gasteiger charge is -2.16. The fourth-order valence-electron chi connectivity index (χ4n) is 0.866. The first kappa shape index (κ1) is 11.5. The summed E-state index contributed by atoms with van der Waals surface area (Å²) in [6.45, 7) is 3.68. The molecule has 1 aromatic heterocycles. The molecule has 0 saturated heterocycles. The van der Waals surface area contributed by atoms with Gasteiger partial charge in [0.25, 0.3) is 5.91 Å². The summed E-state index contributed by atoms with van der Waals surface area (Å²) in [5.41, 5.74) is 0.335. The molecule has 0 aliphatic heterocycles. The van der Waals surface area contributed by atoms with E-state index in [0.717, 1.165) is 0 Å². The minimum absolute atomic E-state index is 0.182. The van der Waals surface area contributed by atoms with E-state index in [2.05, 4.69) is 16.9 Å². The van der Waals surface area contributed by atoms with Crippen molar-refractivity contribution in [1.29, 1.82) is 0 Å². The maximum atomic E-state index is 11.7. The lowest BCUT2D eigenvalue weighted by molar-refractivity contribution is 0.0956. The fourth-order valence-corrected chi connectivity index (χ4v) is 1.07. The van der Waals surface area contributed by atoms with Crippen LogP contribution in [-0.4, -0.2) is 29.9 Å². The van der Waals surface area contributed by atoms with Crippen molar-refractivity contribution in [1.82, 2.24) is 15.2 Å². The SMILES string of the molecule is C=C(NC(=O)c1cccnc1Cl)N(C)C. The molecule has 0 bridgehead atoms. The van der Waals surface area contributed by atoms with Gasteiger partial charge in [-0.1, -0.05) is 18.2 Å². The van der Waals surface area contributed by atoms with Gasteiger partial charge in [0, 0.05) is 20.3 Å². The molecule has 1 rings (SSSR count). The van der Waals surface area contributed by atoms with Gasteiger partial charge in [-0.05, 0) is 12.1 Å². The van der Waals surface area contributed by atoms with Gasteiger partial charge in [0.1, 0.15) is 11.0 Å². The molecule has 0 aromatic carbocycles. The first-order chi connectivity index (χ1) is 7.02. The van der Waals surface area contributed by atoms with E-state index in [4.69, 9.17) is 11.6 Å². The molecule has 0 radical (unpaired) electrons. The maximum Gasteiger partial charge on any atom is 0.259 e. The summed E-state index contributed by atoms with van der Waals surface area (Å²) < 4.78 is 0. The molecule has 0 unspecified atom stereocenters. The van der Waals surface area contributed by atoms with Crippen LogP contribution in [0, 0.1) is 0 Å². The summed E-state index contributed by atoms with van der Waals surface area (Å²) >= 11 is 5.77. The van der Waals surface area contributed by atoms with Gasteiger partial charge in [-0.2, -0.15) is 0 Å². The van der Waals surface area contributed by atoms with Crippen molar-refractivity contribution < 1.29 is 4.79 Å². The third-order valence-corrected chi connectivity index (χ3v) is 2.10. The highest BCUT2D eigenvalue weighted by Crippen LogP contribution is 2.11. The van der Waals surface area contributed by atoms with Gasteiger partial charge in [-0.15, -0.1) is 0 Å². The molecule has 0 spiro atoms. The summed E-state index contributed by atoms with van der Waals surface area (Å²) in [6, 6.07) is 3.26. The Hall–Kier alpha value is -1.55. The number of carbonyl (C=O) groups excluding carboxylic acids is 1. The lowest BCUT2D eigenvalue weighted by Crippen LogP contribution is -2.30. The summed E-state index contributed by atoms with van der Waals surface area (Å²) in [6.07, 6.45) is 1.53. The van der Waals surface area contributed by atoms with Gasteiger partial charge in [0.15, 0.2) is 0 Å². The van der Waals surface area contributed by atoms with Crippen molar-refractivity contribution >= 4 is 17.5 Å². The van der Waals surface area contributed by atoms with E-state index >= 15 is 0 Å². The number of amides is 1. The van der Waals surface area contributed by atoms with Gasteiger partial charge in [0.2, 0.25) is 0 Å². The normalized spacial score (nSPS) is 9.53. The number of halogens is 1. The second-order valence-electron chi connectivity index (χ2n) is 3.14. The topological polar surface area (TPSA) is 45.2 Å². The molecule has 1 N–H and O–H groups in total. The minimum atomic E-state index is -0.313. The predicted octanol–water partition coefficient (Wildman–Crippen LogP) is 1.50. The third kappa shape index (κ3) is 2.95. The van der Waals surface area contributed by atoms with Crippen molar-refractivity contribution in [3.63, 3.8) is 0 Å². The molecule has 1 aromatic rings. The average molecular weight is 226 g/mol. The van der Waals surface area contributed by atoms with Crippen molar-refractivity contribution in [3.8, 4) is 0 Å². The lowest BCUT2D eigenvalue weighted by atomic mass is 10.3. The highest BCUT2D eigenvalue weighted by atomic mass is 35.5. The van der Waals surface area contributed by atoms with Crippen LogP contribution in [0.1, 0.15) is 10.4 Å². The highest BCUT2D eigenvalue weighted by molar-refractivity contribution is 6.32. The molecule has 1 heterocycles. The average Bonchev–Trinajstić information content (AvgIpc) is 2.18. The van der Waals surface area contributed by atoms with Gasteiger partial charge < -0.3 is 10.2 Å². The molecule has 0 aliphatic rings. The van der Waals surface area contributed by atoms with E-state index < -0.39 is 0 Å². The Labute approximate surface area is 93.6 Å². The van der Waals surface area contributed by atoms with Crippen LogP contribution < -0.4 is 5.32 Å². The molecule has 4 nitrogen and oxygen atoms in total. The molecule has 80 valence electrons. The number of hydrogen-bond acceptors (Lipinski definition) is 3. The Morgan fingerprint density at radius 1 is 1.60 bits per heavy atom. The minimum Gasteiger partial charge on any atom is -0.365 e. The number of pyridine rings is 1. The number of rotatable bonds is 3. The molecule has 15 heavy (non-hydrogen) atoms. The number of hydrogen-bond donors (Lipinski definition) is 1. The standard InChI is InChI=1S/C10H12ClN3O/c1-7(14(2)3)13-10(15)8-5-4-6-12-9(8)11/h4-6H,1H2,2-3H3,(H,13,15). The predicted molar refractivity (Wildman–Crippen MR) is 59.5 cm³/mol. The Bertz CT molecular complexity index is 390. The van der Waals surface area contributed by atoms with Crippen LogP contribution in [0.5, 0.6) is 0 Å². The van der Waals surface area contributed by atoms with Crippen LogP contribution >= 0.6 is 11.6 Å². The number of nitrogens with one attached hydrogen (secondary N) is 1. The van der Waals surface area contributed by atoms with Crippen LogP contribution in [-0.2, 0) is 0 Å². The zero-order chi connectivity index (χ0) is 11.4. The van der Waals surface area contributed by atoms with Crippen molar-refractivity contribution in [3.05, 3.63) is 41.4 Å². The zero-order valence-corrected chi connectivity index (χ0v) is 9.38. The smallest absolute Gasteiger partial charge is 0.259 e. The Kier molecular flexibility index (Phi) is 3.68. The Balaban J connectivity index is 2.79. The van der Waals surface area contributed by atoms with E-state index in [-0.39, 0.29) is 11.1 Å². The molecule has 0 saturated carbocycles. The van der Waals surface area contributed by atoms with Gasteiger partial charge >= 0.3 is 0 Å². The van der Waals surface area contributed by atoms with Gasteiger partial charge in [-0.25, -0.2) is 4.98 Å². The number of nitrogens with zero attached hydrogens (tertiary/aromatic N) is 2. The highest BCUT2D eigenvalue weighted by Gasteiger charge is 2.11. The summed E-state index contributed by atoms with van der Waals surface area (Å²) in [5.74, 6) is 0.187. The van der Waals surface area contributed by atoms with E-state index in [1.165, 1.54) is 6.20 Å². The van der Waals surface area contributed by atoms with Gasteiger partial charge in [0.05, 0.1) is 5.56 Å². The Morgan fingerprint density at radius 2 is 2.27 bits per heavy atom. The molecule has 1 amide bonds. The third-order valence-electron chi connectivity index (χ3n) is 1.80. The molecule has 0 aliphatic carbocycles. The van der Waals surface area contributed by atoms with E-state index in [9.17, 15) is 4.79 Å². The quantitative estimate of drug-likeness (QED) is 0.793. The van der Waals surface area contributed by atoms with Crippen molar-refractivity contribution in [2.24, 2.45) is 0 Å².